The van der Waals surface area contributed by atoms with Crippen molar-refractivity contribution < 1.29 is 9.47 Å². The van der Waals surface area contributed by atoms with Crippen molar-refractivity contribution in [3.05, 3.63) is 24.4 Å². The average molecular weight is 354 g/mol. The monoisotopic (exact) mass is 354 g/mol. The normalized spacial score (nSPS) is 14.0. The van der Waals surface area contributed by atoms with Crippen molar-refractivity contribution in [2.45, 2.75) is 12.8 Å². The zero-order chi connectivity index (χ0) is 18.1. The second-order valence-electron chi connectivity index (χ2n) is 6.26. The Labute approximate surface area is 151 Å². The van der Waals surface area contributed by atoms with Crippen LogP contribution >= 0.6 is 0 Å². The predicted molar refractivity (Wildman–Crippen MR) is 101 cm³/mol. The van der Waals surface area contributed by atoms with Gasteiger partial charge >= 0.3 is 0 Å². The smallest absolute Gasteiger partial charge is 0.231 e. The summed E-state index contributed by atoms with van der Waals surface area (Å²) in [7, 11) is 5.14. The SMILES string of the molecule is COc1ccc(Nc2nc(N3CCCC3)c3cnn(C)c3n2)c(OC)c1. The Morgan fingerprint density at radius 1 is 1.08 bits per heavy atom. The Morgan fingerprint density at radius 3 is 2.62 bits per heavy atom. The fraction of sp³-hybridized carbons (Fsp3) is 0.389. The van der Waals surface area contributed by atoms with Gasteiger partial charge in [0, 0.05) is 26.2 Å². The molecule has 136 valence electrons. The van der Waals surface area contributed by atoms with E-state index >= 15 is 0 Å². The Hall–Kier alpha value is -3.03. The van der Waals surface area contributed by atoms with Crippen LogP contribution in [0.4, 0.5) is 17.5 Å². The summed E-state index contributed by atoms with van der Waals surface area (Å²) in [4.78, 5) is 11.7. The van der Waals surface area contributed by atoms with Gasteiger partial charge in [0.1, 0.15) is 17.3 Å². The molecule has 0 aliphatic carbocycles. The Balaban J connectivity index is 1.76. The third-order valence-electron chi connectivity index (χ3n) is 4.63. The number of fused-ring (bicyclic) bond motifs is 1. The number of hydrogen-bond acceptors (Lipinski definition) is 7. The van der Waals surface area contributed by atoms with E-state index in [9.17, 15) is 0 Å². The number of hydrogen-bond donors (Lipinski definition) is 1. The van der Waals surface area contributed by atoms with Gasteiger partial charge in [-0.15, -0.1) is 0 Å². The lowest BCUT2D eigenvalue weighted by molar-refractivity contribution is 0.395. The van der Waals surface area contributed by atoms with Gasteiger partial charge in [0.25, 0.3) is 0 Å². The number of ether oxygens (including phenoxy) is 2. The van der Waals surface area contributed by atoms with Crippen LogP contribution in [0.5, 0.6) is 11.5 Å². The van der Waals surface area contributed by atoms with Crippen molar-refractivity contribution in [2.75, 3.05) is 37.5 Å². The first-order valence-electron chi connectivity index (χ1n) is 8.63. The maximum atomic E-state index is 5.46. The standard InChI is InChI=1S/C18H22N6O2/c1-23-16-13(11-19-23)17(24-8-4-5-9-24)22-18(21-16)20-14-7-6-12(25-2)10-15(14)26-3/h6-7,10-11H,4-5,8-9H2,1-3H3,(H,20,21,22). The molecular weight excluding hydrogens is 332 g/mol. The van der Waals surface area contributed by atoms with Crippen molar-refractivity contribution >= 4 is 28.5 Å². The molecule has 4 rings (SSSR count). The molecule has 0 spiro atoms. The second-order valence-corrected chi connectivity index (χ2v) is 6.26. The highest BCUT2D eigenvalue weighted by Gasteiger charge is 2.20. The highest BCUT2D eigenvalue weighted by Crippen LogP contribution is 2.33. The van der Waals surface area contributed by atoms with Crippen molar-refractivity contribution in [1.82, 2.24) is 19.7 Å². The van der Waals surface area contributed by atoms with Gasteiger partial charge in [0.2, 0.25) is 5.95 Å². The summed E-state index contributed by atoms with van der Waals surface area (Å²) < 4.78 is 12.5. The van der Waals surface area contributed by atoms with E-state index in [1.807, 2.05) is 31.4 Å². The Kier molecular flexibility index (Phi) is 4.24. The highest BCUT2D eigenvalue weighted by atomic mass is 16.5. The summed E-state index contributed by atoms with van der Waals surface area (Å²) in [6, 6.07) is 5.59. The first kappa shape index (κ1) is 16.4. The first-order valence-corrected chi connectivity index (χ1v) is 8.63. The molecular formula is C18H22N6O2. The maximum Gasteiger partial charge on any atom is 0.231 e. The predicted octanol–water partition coefficient (Wildman–Crippen LogP) is 2.72. The number of rotatable bonds is 5. The van der Waals surface area contributed by atoms with Gasteiger partial charge in [-0.3, -0.25) is 4.68 Å². The summed E-state index contributed by atoms with van der Waals surface area (Å²) in [6.45, 7) is 2.01. The topological polar surface area (TPSA) is 77.3 Å². The molecule has 1 aliphatic rings. The summed E-state index contributed by atoms with van der Waals surface area (Å²) in [5.74, 6) is 2.84. The molecule has 26 heavy (non-hydrogen) atoms. The summed E-state index contributed by atoms with van der Waals surface area (Å²) in [5.41, 5.74) is 1.58. The van der Waals surface area contributed by atoms with Crippen molar-refractivity contribution in [1.29, 1.82) is 0 Å². The molecule has 2 aromatic heterocycles. The number of benzene rings is 1. The summed E-state index contributed by atoms with van der Waals surface area (Å²) in [5, 5.41) is 8.60. The lowest BCUT2D eigenvalue weighted by Crippen LogP contribution is -2.20. The van der Waals surface area contributed by atoms with Crippen LogP contribution in [-0.2, 0) is 7.05 Å². The molecule has 1 fully saturated rings. The van der Waals surface area contributed by atoms with Crippen LogP contribution in [0.1, 0.15) is 12.8 Å². The minimum absolute atomic E-state index is 0.520. The fourth-order valence-electron chi connectivity index (χ4n) is 3.26. The largest absolute Gasteiger partial charge is 0.497 e. The third-order valence-corrected chi connectivity index (χ3v) is 4.63. The quantitative estimate of drug-likeness (QED) is 0.755. The minimum Gasteiger partial charge on any atom is -0.497 e. The third kappa shape index (κ3) is 2.87. The van der Waals surface area contributed by atoms with Crippen LogP contribution in [0, 0.1) is 0 Å². The summed E-state index contributed by atoms with van der Waals surface area (Å²) in [6.07, 6.45) is 4.20. The van der Waals surface area contributed by atoms with Crippen LogP contribution in [-0.4, -0.2) is 47.1 Å². The van der Waals surface area contributed by atoms with Gasteiger partial charge in [0.05, 0.1) is 31.5 Å². The van der Waals surface area contributed by atoms with Crippen LogP contribution in [0.25, 0.3) is 11.0 Å². The molecule has 0 unspecified atom stereocenters. The molecule has 1 N–H and O–H groups in total. The molecule has 8 nitrogen and oxygen atoms in total. The molecule has 0 saturated carbocycles. The highest BCUT2D eigenvalue weighted by molar-refractivity contribution is 5.88. The molecule has 0 radical (unpaired) electrons. The van der Waals surface area contributed by atoms with Gasteiger partial charge < -0.3 is 19.7 Å². The van der Waals surface area contributed by atoms with Crippen LogP contribution in [0.2, 0.25) is 0 Å². The molecule has 1 aliphatic heterocycles. The Bertz CT molecular complexity index is 933. The number of nitrogens with one attached hydrogen (secondary N) is 1. The minimum atomic E-state index is 0.520. The zero-order valence-electron chi connectivity index (χ0n) is 15.2. The molecule has 0 bridgehead atoms. The van der Waals surface area contributed by atoms with Gasteiger partial charge in [-0.2, -0.15) is 15.1 Å². The lowest BCUT2D eigenvalue weighted by Gasteiger charge is -2.18. The van der Waals surface area contributed by atoms with Gasteiger partial charge in [-0.05, 0) is 25.0 Å². The van der Waals surface area contributed by atoms with Crippen LogP contribution in [0.3, 0.4) is 0 Å². The molecule has 8 heteroatoms. The van der Waals surface area contributed by atoms with E-state index in [0.29, 0.717) is 11.7 Å². The van der Waals surface area contributed by atoms with Gasteiger partial charge in [-0.25, -0.2) is 0 Å². The molecule has 1 aromatic carbocycles. The second kappa shape index (κ2) is 6.70. The van der Waals surface area contributed by atoms with E-state index in [-0.39, 0.29) is 0 Å². The number of nitrogens with zero attached hydrogens (tertiary/aromatic N) is 5. The fourth-order valence-corrected chi connectivity index (χ4v) is 3.26. The van der Waals surface area contributed by atoms with E-state index in [0.717, 1.165) is 41.4 Å². The number of aryl methyl sites for hydroxylation is 1. The van der Waals surface area contributed by atoms with E-state index in [2.05, 4.69) is 20.3 Å². The molecule has 3 aromatic rings. The van der Waals surface area contributed by atoms with Crippen LogP contribution in [0.15, 0.2) is 24.4 Å². The summed E-state index contributed by atoms with van der Waals surface area (Å²) >= 11 is 0. The average Bonchev–Trinajstić information content (AvgIpc) is 3.32. The van der Waals surface area contributed by atoms with E-state index in [1.54, 1.807) is 18.9 Å². The number of aromatic nitrogens is 4. The van der Waals surface area contributed by atoms with Gasteiger partial charge in [-0.1, -0.05) is 0 Å². The Morgan fingerprint density at radius 2 is 1.88 bits per heavy atom. The lowest BCUT2D eigenvalue weighted by atomic mass is 10.2. The van der Waals surface area contributed by atoms with Crippen molar-refractivity contribution in [3.63, 3.8) is 0 Å². The first-order chi connectivity index (χ1) is 12.7. The van der Waals surface area contributed by atoms with E-state index in [4.69, 9.17) is 14.5 Å². The maximum absolute atomic E-state index is 5.46. The van der Waals surface area contributed by atoms with Crippen molar-refractivity contribution in [3.8, 4) is 11.5 Å². The number of anilines is 3. The van der Waals surface area contributed by atoms with Crippen molar-refractivity contribution in [2.24, 2.45) is 7.05 Å². The molecule has 0 amide bonds. The zero-order valence-corrected chi connectivity index (χ0v) is 15.2. The molecule has 0 atom stereocenters. The molecule has 3 heterocycles. The van der Waals surface area contributed by atoms with E-state index in [1.165, 1.54) is 12.8 Å². The van der Waals surface area contributed by atoms with Gasteiger partial charge in [0.15, 0.2) is 5.65 Å². The van der Waals surface area contributed by atoms with Crippen LogP contribution < -0.4 is 19.7 Å². The van der Waals surface area contributed by atoms with E-state index < -0.39 is 0 Å². The molecule has 1 saturated heterocycles. The number of methoxy groups -OCH3 is 2.